The van der Waals surface area contributed by atoms with Crippen LogP contribution in [0.2, 0.25) is 5.02 Å². The topological polar surface area (TPSA) is 50.8 Å². The van der Waals surface area contributed by atoms with Crippen molar-refractivity contribution < 1.29 is 14.3 Å². The van der Waals surface area contributed by atoms with E-state index in [-0.39, 0.29) is 23.5 Å². The lowest BCUT2D eigenvalue weighted by Gasteiger charge is -2.39. The first-order valence-corrected chi connectivity index (χ1v) is 11.4. The highest BCUT2D eigenvalue weighted by atomic mass is 35.5. The lowest BCUT2D eigenvalue weighted by atomic mass is 9.88. The van der Waals surface area contributed by atoms with E-state index in [9.17, 15) is 4.79 Å². The number of halogens is 1. The van der Waals surface area contributed by atoms with Crippen molar-refractivity contribution in [1.82, 2.24) is 10.2 Å². The number of rotatable bonds is 5. The van der Waals surface area contributed by atoms with Gasteiger partial charge in [-0.25, -0.2) is 0 Å². The number of carbonyl (C=O) groups is 1. The van der Waals surface area contributed by atoms with Gasteiger partial charge in [0.2, 0.25) is 5.91 Å². The van der Waals surface area contributed by atoms with Crippen LogP contribution in [0.3, 0.4) is 0 Å². The van der Waals surface area contributed by atoms with Crippen LogP contribution >= 0.6 is 11.6 Å². The lowest BCUT2D eigenvalue weighted by Crippen LogP contribution is -2.46. The average molecular weight is 443 g/mol. The van der Waals surface area contributed by atoms with E-state index < -0.39 is 0 Å². The van der Waals surface area contributed by atoms with Crippen LogP contribution in [0.25, 0.3) is 0 Å². The van der Waals surface area contributed by atoms with Crippen molar-refractivity contribution in [3.05, 3.63) is 58.6 Å². The van der Waals surface area contributed by atoms with E-state index in [4.69, 9.17) is 21.1 Å². The first kappa shape index (κ1) is 22.0. The van der Waals surface area contributed by atoms with Gasteiger partial charge in [-0.15, -0.1) is 0 Å². The zero-order valence-electron chi connectivity index (χ0n) is 18.5. The number of hydrogen-bond acceptors (Lipinski definition) is 4. The second-order valence-electron chi connectivity index (χ2n) is 9.20. The summed E-state index contributed by atoms with van der Waals surface area (Å²) in [7, 11) is 1.65. The number of carbonyl (C=O) groups excluding carboxylic acids is 1. The maximum Gasteiger partial charge on any atom is 0.224 e. The highest BCUT2D eigenvalue weighted by Crippen LogP contribution is 2.41. The Labute approximate surface area is 189 Å². The molecular weight excluding hydrogens is 412 g/mol. The molecule has 0 unspecified atom stereocenters. The van der Waals surface area contributed by atoms with E-state index in [1.807, 2.05) is 36.4 Å². The number of likely N-dealkylation sites (tertiary alicyclic amines) is 1. The van der Waals surface area contributed by atoms with E-state index in [0.717, 1.165) is 66.5 Å². The summed E-state index contributed by atoms with van der Waals surface area (Å²) in [4.78, 5) is 15.6. The number of fused-ring (bicyclic) bond motifs is 1. The van der Waals surface area contributed by atoms with Gasteiger partial charge in [-0.3, -0.25) is 9.69 Å². The molecule has 1 amide bonds. The average Bonchev–Trinajstić information content (AvgIpc) is 2.74. The van der Waals surface area contributed by atoms with Gasteiger partial charge in [0, 0.05) is 30.1 Å². The number of amides is 1. The van der Waals surface area contributed by atoms with Crippen molar-refractivity contribution in [1.29, 1.82) is 0 Å². The Morgan fingerprint density at radius 3 is 2.87 bits per heavy atom. The summed E-state index contributed by atoms with van der Waals surface area (Å²) < 4.78 is 11.5. The molecule has 31 heavy (non-hydrogen) atoms. The third-order valence-electron chi connectivity index (χ3n) is 6.22. The summed E-state index contributed by atoms with van der Waals surface area (Å²) >= 11 is 6.34. The van der Waals surface area contributed by atoms with Crippen molar-refractivity contribution in [3.8, 4) is 11.5 Å². The zero-order valence-corrected chi connectivity index (χ0v) is 19.2. The van der Waals surface area contributed by atoms with Crippen LogP contribution in [0.4, 0.5) is 0 Å². The van der Waals surface area contributed by atoms with Crippen LogP contribution < -0.4 is 14.8 Å². The minimum absolute atomic E-state index is 0.0312. The molecular formula is C25H31ClN2O3. The summed E-state index contributed by atoms with van der Waals surface area (Å²) in [6.45, 7) is 6.62. The Hall–Kier alpha value is -2.24. The van der Waals surface area contributed by atoms with Gasteiger partial charge in [-0.05, 0) is 63.1 Å². The predicted molar refractivity (Wildman–Crippen MR) is 123 cm³/mol. The maximum absolute atomic E-state index is 13.3. The molecule has 6 heteroatoms. The summed E-state index contributed by atoms with van der Waals surface area (Å²) in [6, 6.07) is 13.6. The van der Waals surface area contributed by atoms with Gasteiger partial charge in [0.05, 0.1) is 19.1 Å². The fourth-order valence-electron chi connectivity index (χ4n) is 4.66. The second kappa shape index (κ2) is 9.09. The van der Waals surface area contributed by atoms with Gasteiger partial charge in [-0.2, -0.15) is 0 Å². The summed E-state index contributed by atoms with van der Waals surface area (Å²) in [5.41, 5.74) is 1.75. The molecule has 0 bridgehead atoms. The highest BCUT2D eigenvalue weighted by molar-refractivity contribution is 6.31. The fraction of sp³-hybridized carbons (Fsp3) is 0.480. The molecule has 1 saturated heterocycles. The normalized spacial score (nSPS) is 22.8. The van der Waals surface area contributed by atoms with Gasteiger partial charge in [0.1, 0.15) is 17.1 Å². The summed E-state index contributed by atoms with van der Waals surface area (Å²) in [5, 5.41) is 4.10. The molecule has 2 atom stereocenters. The minimum atomic E-state index is -0.345. The van der Waals surface area contributed by atoms with Crippen molar-refractivity contribution in [2.75, 3.05) is 20.2 Å². The maximum atomic E-state index is 13.3. The zero-order chi connectivity index (χ0) is 22.0. The van der Waals surface area contributed by atoms with Gasteiger partial charge < -0.3 is 14.8 Å². The number of nitrogens with zero attached hydrogens (tertiary/aromatic N) is 1. The molecule has 5 nitrogen and oxygen atoms in total. The minimum Gasteiger partial charge on any atom is -0.497 e. The van der Waals surface area contributed by atoms with E-state index >= 15 is 0 Å². The molecule has 2 aromatic carbocycles. The largest absolute Gasteiger partial charge is 0.497 e. The molecule has 1 N–H and O–H groups in total. The van der Waals surface area contributed by atoms with E-state index in [1.54, 1.807) is 7.11 Å². The van der Waals surface area contributed by atoms with E-state index in [1.165, 1.54) is 0 Å². The third-order valence-corrected chi connectivity index (χ3v) is 6.59. The lowest BCUT2D eigenvalue weighted by molar-refractivity contribution is -0.128. The van der Waals surface area contributed by atoms with Crippen LogP contribution in [0.5, 0.6) is 11.5 Å². The Bertz CT molecular complexity index is 946. The van der Waals surface area contributed by atoms with Crippen molar-refractivity contribution in [2.24, 2.45) is 5.92 Å². The number of hydrogen-bond donors (Lipinski definition) is 1. The number of ether oxygens (including phenoxy) is 2. The molecule has 1 fully saturated rings. The standard InChI is InChI=1S/C25H31ClN2O3/c1-25(2)14-22(20-13-19(30-3)10-11-23(20)31-25)27-24(29)18-8-6-12-28(16-18)15-17-7-4-5-9-21(17)26/h4-5,7,9-11,13,18,22H,6,8,12,14-16H2,1-3H3,(H,27,29)/t18-,22-/m0/s1. The van der Waals surface area contributed by atoms with Crippen LogP contribution in [-0.4, -0.2) is 36.6 Å². The fourth-order valence-corrected chi connectivity index (χ4v) is 4.85. The molecule has 4 rings (SSSR count). The smallest absolute Gasteiger partial charge is 0.224 e. The van der Waals surface area contributed by atoms with Crippen molar-refractivity contribution in [3.63, 3.8) is 0 Å². The van der Waals surface area contributed by atoms with Crippen LogP contribution in [-0.2, 0) is 11.3 Å². The molecule has 2 aromatic rings. The van der Waals surface area contributed by atoms with Crippen molar-refractivity contribution >= 4 is 17.5 Å². The SMILES string of the molecule is COc1ccc2c(c1)[C@@H](NC(=O)[C@H]1CCCN(Cc3ccccc3Cl)C1)CC(C)(C)O2. The van der Waals surface area contributed by atoms with E-state index in [2.05, 4.69) is 30.1 Å². The first-order valence-electron chi connectivity index (χ1n) is 11.0. The number of methoxy groups -OCH3 is 1. The molecule has 2 aliphatic rings. The second-order valence-corrected chi connectivity index (χ2v) is 9.60. The van der Waals surface area contributed by atoms with Gasteiger partial charge in [-0.1, -0.05) is 29.8 Å². The molecule has 2 heterocycles. The Balaban J connectivity index is 1.46. The number of nitrogens with one attached hydrogen (secondary N) is 1. The Kier molecular flexibility index (Phi) is 6.44. The molecule has 0 saturated carbocycles. The van der Waals surface area contributed by atoms with Crippen LogP contribution in [0.1, 0.15) is 50.3 Å². The Morgan fingerprint density at radius 2 is 2.10 bits per heavy atom. The Morgan fingerprint density at radius 1 is 1.29 bits per heavy atom. The van der Waals surface area contributed by atoms with Gasteiger partial charge in [0.15, 0.2) is 0 Å². The monoisotopic (exact) mass is 442 g/mol. The molecule has 2 aliphatic heterocycles. The molecule has 0 aromatic heterocycles. The molecule has 0 aliphatic carbocycles. The van der Waals surface area contributed by atoms with Crippen molar-refractivity contribution in [2.45, 2.75) is 51.3 Å². The van der Waals surface area contributed by atoms with Crippen LogP contribution in [0, 0.1) is 5.92 Å². The first-order chi connectivity index (χ1) is 14.8. The van der Waals surface area contributed by atoms with E-state index in [0.29, 0.717) is 0 Å². The van der Waals surface area contributed by atoms with Crippen LogP contribution in [0.15, 0.2) is 42.5 Å². The third kappa shape index (κ3) is 5.16. The number of piperidine rings is 1. The predicted octanol–water partition coefficient (Wildman–Crippen LogP) is 4.98. The summed E-state index contributed by atoms with van der Waals surface area (Å²) in [6.07, 6.45) is 2.63. The summed E-state index contributed by atoms with van der Waals surface area (Å²) in [5.74, 6) is 1.66. The van der Waals surface area contributed by atoms with Gasteiger partial charge >= 0.3 is 0 Å². The highest BCUT2D eigenvalue weighted by Gasteiger charge is 2.36. The quantitative estimate of drug-likeness (QED) is 0.709. The molecule has 166 valence electrons. The molecule has 0 radical (unpaired) electrons. The molecule has 0 spiro atoms. The number of benzene rings is 2. The van der Waals surface area contributed by atoms with Gasteiger partial charge in [0.25, 0.3) is 0 Å².